The Bertz CT molecular complexity index is 1190. The molecular formula is C21H16N6O4. The van der Waals surface area contributed by atoms with E-state index in [1.165, 1.54) is 0 Å². The van der Waals surface area contributed by atoms with Gasteiger partial charge in [0.25, 0.3) is 0 Å². The molecule has 0 bridgehead atoms. The molecule has 2 aromatic carbocycles. The molecule has 31 heavy (non-hydrogen) atoms. The van der Waals surface area contributed by atoms with Crippen LogP contribution < -0.4 is 24.8 Å². The van der Waals surface area contributed by atoms with Gasteiger partial charge in [-0.2, -0.15) is 5.10 Å². The molecule has 0 saturated heterocycles. The normalized spacial score (nSPS) is 11.7. The summed E-state index contributed by atoms with van der Waals surface area (Å²) in [6.45, 7) is 0.180. The van der Waals surface area contributed by atoms with Crippen molar-refractivity contribution in [3.05, 3.63) is 73.1 Å². The fraction of sp³-hybridized carbons (Fsp3) is 0.0476. The van der Waals surface area contributed by atoms with Gasteiger partial charge in [0.15, 0.2) is 17.3 Å². The lowest BCUT2D eigenvalue weighted by Gasteiger charge is -2.09. The van der Waals surface area contributed by atoms with E-state index in [4.69, 9.17) is 14.2 Å². The van der Waals surface area contributed by atoms with Crippen LogP contribution in [0, 0.1) is 0 Å². The zero-order valence-electron chi connectivity index (χ0n) is 16.1. The van der Waals surface area contributed by atoms with Gasteiger partial charge in [-0.1, -0.05) is 0 Å². The van der Waals surface area contributed by atoms with Crippen LogP contribution in [0.1, 0.15) is 0 Å². The van der Waals surface area contributed by atoms with Crippen molar-refractivity contribution in [1.82, 2.24) is 20.0 Å². The lowest BCUT2D eigenvalue weighted by Crippen LogP contribution is -2.19. The average Bonchev–Trinajstić information content (AvgIpc) is 3.47. The molecule has 0 saturated carbocycles. The predicted octanol–water partition coefficient (Wildman–Crippen LogP) is 3.83. The van der Waals surface area contributed by atoms with E-state index in [9.17, 15) is 4.79 Å². The van der Waals surface area contributed by atoms with Crippen molar-refractivity contribution in [1.29, 1.82) is 0 Å². The molecule has 10 nitrogen and oxygen atoms in total. The highest BCUT2D eigenvalue weighted by Gasteiger charge is 2.14. The summed E-state index contributed by atoms with van der Waals surface area (Å²) in [6.07, 6.45) is 3.44. The number of anilines is 2. The van der Waals surface area contributed by atoms with E-state index in [0.29, 0.717) is 40.3 Å². The lowest BCUT2D eigenvalue weighted by atomic mass is 10.3. The molecule has 10 heteroatoms. The molecule has 3 heterocycles. The fourth-order valence-corrected chi connectivity index (χ4v) is 2.89. The van der Waals surface area contributed by atoms with Gasteiger partial charge in [0.2, 0.25) is 12.7 Å². The number of fused-ring (bicyclic) bond motifs is 1. The van der Waals surface area contributed by atoms with Crippen molar-refractivity contribution in [2.45, 2.75) is 0 Å². The van der Waals surface area contributed by atoms with Crippen LogP contribution in [-0.4, -0.2) is 32.8 Å². The molecule has 1 aliphatic heterocycles. The van der Waals surface area contributed by atoms with E-state index in [2.05, 4.69) is 25.9 Å². The summed E-state index contributed by atoms with van der Waals surface area (Å²) in [6, 6.07) is 17.0. The van der Waals surface area contributed by atoms with Crippen LogP contribution in [0.5, 0.6) is 23.1 Å². The molecule has 154 valence electrons. The van der Waals surface area contributed by atoms with Crippen LogP contribution in [0.15, 0.2) is 73.1 Å². The number of nitrogens with zero attached hydrogens (tertiary/aromatic N) is 4. The number of ether oxygens (including phenoxy) is 3. The van der Waals surface area contributed by atoms with Crippen molar-refractivity contribution >= 4 is 17.4 Å². The first-order valence-corrected chi connectivity index (χ1v) is 9.32. The first-order valence-electron chi connectivity index (χ1n) is 9.32. The predicted molar refractivity (Wildman–Crippen MR) is 111 cm³/mol. The van der Waals surface area contributed by atoms with Gasteiger partial charge in [-0.3, -0.25) is 0 Å². The number of amides is 2. The lowest BCUT2D eigenvalue weighted by molar-refractivity contribution is 0.174. The number of hydrogen-bond donors (Lipinski definition) is 2. The third kappa shape index (κ3) is 4.22. The van der Waals surface area contributed by atoms with Crippen molar-refractivity contribution in [3.8, 4) is 28.9 Å². The summed E-state index contributed by atoms with van der Waals surface area (Å²) < 4.78 is 17.9. The number of carbonyl (C=O) groups excluding carboxylic acids is 1. The number of rotatable bonds is 5. The highest BCUT2D eigenvalue weighted by Crippen LogP contribution is 2.34. The highest BCUT2D eigenvalue weighted by atomic mass is 16.7. The Morgan fingerprint density at radius 1 is 0.935 bits per heavy atom. The zero-order chi connectivity index (χ0) is 21.0. The third-order valence-corrected chi connectivity index (χ3v) is 4.33. The monoisotopic (exact) mass is 416 g/mol. The van der Waals surface area contributed by atoms with Crippen LogP contribution in [0.25, 0.3) is 5.82 Å². The molecule has 4 aromatic rings. The van der Waals surface area contributed by atoms with Gasteiger partial charge >= 0.3 is 6.03 Å². The molecule has 0 atom stereocenters. The first-order chi connectivity index (χ1) is 15.2. The second-order valence-corrected chi connectivity index (χ2v) is 6.45. The molecule has 0 unspecified atom stereocenters. The molecule has 2 N–H and O–H groups in total. The first kappa shape index (κ1) is 18.4. The van der Waals surface area contributed by atoms with Crippen LogP contribution in [0.2, 0.25) is 0 Å². The van der Waals surface area contributed by atoms with E-state index in [-0.39, 0.29) is 12.8 Å². The van der Waals surface area contributed by atoms with Gasteiger partial charge in [-0.15, -0.1) is 10.2 Å². The maximum Gasteiger partial charge on any atom is 0.323 e. The summed E-state index contributed by atoms with van der Waals surface area (Å²) in [4.78, 5) is 12.2. The standard InChI is InChI=1S/C21H16N6O4/c28-21(24-15-4-7-17-18(12-15)30-13-29-17)23-14-2-5-16(6-3-14)31-20-9-8-19(25-26-20)27-11-1-10-22-27/h1-12H,13H2,(H2,23,24,28). The van der Waals surface area contributed by atoms with Crippen molar-refractivity contribution in [3.63, 3.8) is 0 Å². The molecular weight excluding hydrogens is 400 g/mol. The van der Waals surface area contributed by atoms with Crippen LogP contribution in [-0.2, 0) is 0 Å². The van der Waals surface area contributed by atoms with Crippen molar-refractivity contribution < 1.29 is 19.0 Å². The summed E-state index contributed by atoms with van der Waals surface area (Å²) in [5, 5.41) is 17.7. The number of hydrogen-bond acceptors (Lipinski definition) is 7. The summed E-state index contributed by atoms with van der Waals surface area (Å²) >= 11 is 0. The maximum atomic E-state index is 12.2. The smallest absolute Gasteiger partial charge is 0.323 e. The van der Waals surface area contributed by atoms with Gasteiger partial charge in [0, 0.05) is 35.9 Å². The second kappa shape index (κ2) is 8.03. The largest absolute Gasteiger partial charge is 0.454 e. The summed E-state index contributed by atoms with van der Waals surface area (Å²) in [5.41, 5.74) is 1.20. The number of carbonyl (C=O) groups is 1. The van der Waals surface area contributed by atoms with Crippen LogP contribution >= 0.6 is 0 Å². The molecule has 2 amide bonds. The SMILES string of the molecule is O=C(Nc1ccc(Oc2ccc(-n3cccn3)nn2)cc1)Nc1ccc2c(c1)OCO2. The van der Waals surface area contributed by atoms with Gasteiger partial charge in [0.1, 0.15) is 5.75 Å². The molecule has 0 radical (unpaired) electrons. The fourth-order valence-electron chi connectivity index (χ4n) is 2.89. The molecule has 1 aliphatic rings. The Labute approximate surface area is 176 Å². The second-order valence-electron chi connectivity index (χ2n) is 6.45. The number of benzene rings is 2. The number of nitrogens with one attached hydrogen (secondary N) is 2. The molecule has 2 aromatic heterocycles. The van der Waals surface area contributed by atoms with Crippen LogP contribution in [0.3, 0.4) is 0 Å². The van der Waals surface area contributed by atoms with Gasteiger partial charge < -0.3 is 24.8 Å². The van der Waals surface area contributed by atoms with E-state index >= 15 is 0 Å². The third-order valence-electron chi connectivity index (χ3n) is 4.33. The Kier molecular flexibility index (Phi) is 4.77. The van der Waals surface area contributed by atoms with E-state index in [1.54, 1.807) is 77.7 Å². The quantitative estimate of drug-likeness (QED) is 0.508. The van der Waals surface area contributed by atoms with Crippen molar-refractivity contribution in [2.24, 2.45) is 0 Å². The highest BCUT2D eigenvalue weighted by molar-refractivity contribution is 5.99. The number of urea groups is 1. The van der Waals surface area contributed by atoms with Gasteiger partial charge in [0.05, 0.1) is 0 Å². The summed E-state index contributed by atoms with van der Waals surface area (Å²) in [7, 11) is 0. The Hall–Kier alpha value is -4.60. The number of aromatic nitrogens is 4. The minimum atomic E-state index is -0.382. The average molecular weight is 416 g/mol. The van der Waals surface area contributed by atoms with Gasteiger partial charge in [-0.25, -0.2) is 9.48 Å². The minimum absolute atomic E-state index is 0.180. The minimum Gasteiger partial charge on any atom is -0.454 e. The Morgan fingerprint density at radius 3 is 2.52 bits per heavy atom. The van der Waals surface area contributed by atoms with Crippen molar-refractivity contribution in [2.75, 3.05) is 17.4 Å². The van der Waals surface area contributed by atoms with E-state index in [0.717, 1.165) is 0 Å². The maximum absolute atomic E-state index is 12.2. The Balaban J connectivity index is 1.17. The molecule has 0 spiro atoms. The van der Waals surface area contributed by atoms with Gasteiger partial charge in [-0.05, 0) is 48.5 Å². The topological polar surface area (TPSA) is 112 Å². The van der Waals surface area contributed by atoms with E-state index in [1.807, 2.05) is 0 Å². The zero-order valence-corrected chi connectivity index (χ0v) is 16.1. The Morgan fingerprint density at radius 2 is 1.74 bits per heavy atom. The molecule has 0 aliphatic carbocycles. The summed E-state index contributed by atoms with van der Waals surface area (Å²) in [5.74, 6) is 2.74. The van der Waals surface area contributed by atoms with E-state index < -0.39 is 0 Å². The molecule has 5 rings (SSSR count). The van der Waals surface area contributed by atoms with Crippen LogP contribution in [0.4, 0.5) is 16.2 Å². The molecule has 0 fully saturated rings.